The second-order valence-corrected chi connectivity index (χ2v) is 4.57. The van der Waals surface area contributed by atoms with Gasteiger partial charge in [0, 0.05) is 18.5 Å². The zero-order chi connectivity index (χ0) is 16.8. The minimum atomic E-state index is -4.59. The van der Waals surface area contributed by atoms with Crippen molar-refractivity contribution in [2.75, 3.05) is 6.54 Å². The molecule has 0 bridgehead atoms. The van der Waals surface area contributed by atoms with E-state index in [9.17, 15) is 22.8 Å². The van der Waals surface area contributed by atoms with E-state index in [1.54, 1.807) is 0 Å². The highest BCUT2D eigenvalue weighted by Crippen LogP contribution is 2.29. The summed E-state index contributed by atoms with van der Waals surface area (Å²) in [6.07, 6.45) is -5.82. The molecule has 1 amide bonds. The summed E-state index contributed by atoms with van der Waals surface area (Å²) in [4.78, 5) is 22.1. The fourth-order valence-electron chi connectivity index (χ4n) is 1.69. The van der Waals surface area contributed by atoms with Gasteiger partial charge in [0.25, 0.3) is 5.91 Å². The number of aliphatic carboxylic acids is 1. The van der Waals surface area contributed by atoms with Crippen LogP contribution in [0.3, 0.4) is 0 Å². The molecular weight excluding hydrogens is 301 g/mol. The molecule has 8 heteroatoms. The van der Waals surface area contributed by atoms with Crippen molar-refractivity contribution in [1.82, 2.24) is 5.32 Å². The minimum absolute atomic E-state index is 0.123. The number of nitrogens with zero attached hydrogens (tertiary/aromatic N) is 1. The molecular formula is C14H13F3N2O3. The molecule has 118 valence electrons. The number of carboxylic acid groups (broad SMARTS) is 1. The van der Waals surface area contributed by atoms with Gasteiger partial charge in [0.15, 0.2) is 0 Å². The van der Waals surface area contributed by atoms with Gasteiger partial charge >= 0.3 is 12.1 Å². The van der Waals surface area contributed by atoms with Crippen molar-refractivity contribution < 1.29 is 27.9 Å². The summed E-state index contributed by atoms with van der Waals surface area (Å²) >= 11 is 0. The number of halogens is 3. The van der Waals surface area contributed by atoms with Crippen molar-refractivity contribution in [2.24, 2.45) is 5.92 Å². The van der Waals surface area contributed by atoms with Crippen LogP contribution in [0.5, 0.6) is 0 Å². The fourth-order valence-corrected chi connectivity index (χ4v) is 1.69. The second kappa shape index (κ2) is 7.45. The first-order valence-corrected chi connectivity index (χ1v) is 6.31. The molecule has 0 radical (unpaired) electrons. The van der Waals surface area contributed by atoms with Crippen LogP contribution in [0.1, 0.15) is 28.8 Å². The number of carbonyl (C=O) groups excluding carboxylic acids is 1. The van der Waals surface area contributed by atoms with Crippen LogP contribution in [0.15, 0.2) is 24.3 Å². The smallest absolute Gasteiger partial charge is 0.393 e. The van der Waals surface area contributed by atoms with E-state index in [0.717, 1.165) is 0 Å². The SMILES string of the molecule is N#Cc1ccc(C(=O)NC[C@@H](CCC(=O)O)C(F)(F)F)cc1. The van der Waals surface area contributed by atoms with Crippen molar-refractivity contribution in [3.63, 3.8) is 0 Å². The van der Waals surface area contributed by atoms with E-state index < -0.39 is 43.4 Å². The van der Waals surface area contributed by atoms with Crippen LogP contribution in [0.4, 0.5) is 13.2 Å². The molecule has 0 aromatic heterocycles. The lowest BCUT2D eigenvalue weighted by molar-refractivity contribution is -0.175. The molecule has 0 spiro atoms. The second-order valence-electron chi connectivity index (χ2n) is 4.57. The summed E-state index contributed by atoms with van der Waals surface area (Å²) in [7, 11) is 0. The van der Waals surface area contributed by atoms with Gasteiger partial charge in [-0.15, -0.1) is 0 Å². The molecule has 1 rings (SSSR count). The Labute approximate surface area is 124 Å². The maximum Gasteiger partial charge on any atom is 0.393 e. The average Bonchev–Trinajstić information content (AvgIpc) is 2.45. The third-order valence-corrected chi connectivity index (χ3v) is 2.95. The number of benzene rings is 1. The fraction of sp³-hybridized carbons (Fsp3) is 0.357. The molecule has 2 N–H and O–H groups in total. The van der Waals surface area contributed by atoms with Gasteiger partial charge in [-0.2, -0.15) is 18.4 Å². The molecule has 1 aromatic rings. The summed E-state index contributed by atoms with van der Waals surface area (Å²) in [5.74, 6) is -3.97. The number of amides is 1. The number of carboxylic acids is 1. The Morgan fingerprint density at radius 2 is 1.86 bits per heavy atom. The zero-order valence-electron chi connectivity index (χ0n) is 11.4. The number of nitrogens with one attached hydrogen (secondary N) is 1. The number of hydrogen-bond donors (Lipinski definition) is 2. The Kier molecular flexibility index (Phi) is 5.92. The quantitative estimate of drug-likeness (QED) is 0.843. The average molecular weight is 314 g/mol. The summed E-state index contributed by atoms with van der Waals surface area (Å²) in [5.41, 5.74) is 0.448. The monoisotopic (exact) mass is 314 g/mol. The van der Waals surface area contributed by atoms with Crippen molar-refractivity contribution in [3.05, 3.63) is 35.4 Å². The highest BCUT2D eigenvalue weighted by molar-refractivity contribution is 5.94. The van der Waals surface area contributed by atoms with Crippen molar-refractivity contribution >= 4 is 11.9 Å². The van der Waals surface area contributed by atoms with Gasteiger partial charge in [0.05, 0.1) is 17.6 Å². The molecule has 0 unspecified atom stereocenters. The third-order valence-electron chi connectivity index (χ3n) is 2.95. The highest BCUT2D eigenvalue weighted by atomic mass is 19.4. The van der Waals surface area contributed by atoms with E-state index in [1.807, 2.05) is 6.07 Å². The standard InChI is InChI=1S/C14H13F3N2O3/c15-14(16,17)11(5-6-12(20)21)8-19-13(22)10-3-1-9(7-18)2-4-10/h1-4,11H,5-6,8H2,(H,19,22)(H,20,21)/t11-/m1/s1. The van der Waals surface area contributed by atoms with E-state index in [4.69, 9.17) is 10.4 Å². The van der Waals surface area contributed by atoms with Crippen LogP contribution in [-0.4, -0.2) is 29.7 Å². The van der Waals surface area contributed by atoms with Gasteiger partial charge in [0.1, 0.15) is 0 Å². The molecule has 5 nitrogen and oxygen atoms in total. The normalized spacial score (nSPS) is 12.3. The minimum Gasteiger partial charge on any atom is -0.481 e. The Hall–Kier alpha value is -2.56. The van der Waals surface area contributed by atoms with E-state index >= 15 is 0 Å². The summed E-state index contributed by atoms with van der Waals surface area (Å²) in [6, 6.07) is 7.26. The molecule has 1 aromatic carbocycles. The topological polar surface area (TPSA) is 90.2 Å². The van der Waals surface area contributed by atoms with Gasteiger partial charge < -0.3 is 10.4 Å². The van der Waals surface area contributed by atoms with E-state index in [-0.39, 0.29) is 5.56 Å². The Bertz CT molecular complexity index is 576. The van der Waals surface area contributed by atoms with E-state index in [2.05, 4.69) is 5.32 Å². The third kappa shape index (κ3) is 5.44. The molecule has 0 heterocycles. The number of rotatable bonds is 6. The predicted octanol–water partition coefficient (Wildman–Crippen LogP) is 2.33. The van der Waals surface area contributed by atoms with Crippen LogP contribution in [0, 0.1) is 17.2 Å². The highest BCUT2D eigenvalue weighted by Gasteiger charge is 2.39. The molecule has 0 aliphatic carbocycles. The molecule has 0 aliphatic heterocycles. The summed E-state index contributed by atoms with van der Waals surface area (Å²) < 4.78 is 38.2. The van der Waals surface area contributed by atoms with Crippen molar-refractivity contribution in [2.45, 2.75) is 19.0 Å². The lowest BCUT2D eigenvalue weighted by Crippen LogP contribution is -2.36. The number of alkyl halides is 3. The van der Waals surface area contributed by atoms with Crippen LogP contribution in [0.2, 0.25) is 0 Å². The Morgan fingerprint density at radius 1 is 1.27 bits per heavy atom. The first kappa shape index (κ1) is 17.5. The predicted molar refractivity (Wildman–Crippen MR) is 69.9 cm³/mol. The maximum atomic E-state index is 12.7. The maximum absolute atomic E-state index is 12.7. The Balaban J connectivity index is 2.65. The first-order chi connectivity index (χ1) is 10.2. The Morgan fingerprint density at radius 3 is 2.32 bits per heavy atom. The van der Waals surface area contributed by atoms with Crippen LogP contribution in [0.25, 0.3) is 0 Å². The zero-order valence-corrected chi connectivity index (χ0v) is 11.4. The van der Waals surface area contributed by atoms with E-state index in [1.165, 1.54) is 24.3 Å². The lowest BCUT2D eigenvalue weighted by atomic mass is 10.0. The molecule has 22 heavy (non-hydrogen) atoms. The molecule has 1 atom stereocenters. The molecule has 0 saturated heterocycles. The number of nitriles is 1. The summed E-state index contributed by atoms with van der Waals surface area (Å²) in [6.45, 7) is -0.699. The molecule has 0 saturated carbocycles. The number of carbonyl (C=O) groups is 2. The largest absolute Gasteiger partial charge is 0.481 e. The van der Waals surface area contributed by atoms with Gasteiger partial charge in [-0.3, -0.25) is 9.59 Å². The van der Waals surface area contributed by atoms with Gasteiger partial charge in [-0.1, -0.05) is 0 Å². The van der Waals surface area contributed by atoms with Gasteiger partial charge in [-0.05, 0) is 30.7 Å². The molecule has 0 fully saturated rings. The van der Waals surface area contributed by atoms with E-state index in [0.29, 0.717) is 5.56 Å². The van der Waals surface area contributed by atoms with Gasteiger partial charge in [0.2, 0.25) is 0 Å². The number of hydrogen-bond acceptors (Lipinski definition) is 3. The summed E-state index contributed by atoms with van der Waals surface area (Å²) in [5, 5.41) is 19.2. The molecule has 0 aliphatic rings. The van der Waals surface area contributed by atoms with Gasteiger partial charge in [-0.25, -0.2) is 0 Å². The van der Waals surface area contributed by atoms with Crippen molar-refractivity contribution in [1.29, 1.82) is 5.26 Å². The van der Waals surface area contributed by atoms with Crippen LogP contribution >= 0.6 is 0 Å². The van der Waals surface area contributed by atoms with Crippen molar-refractivity contribution in [3.8, 4) is 6.07 Å². The van der Waals surface area contributed by atoms with Crippen LogP contribution < -0.4 is 5.32 Å². The first-order valence-electron chi connectivity index (χ1n) is 6.31. The lowest BCUT2D eigenvalue weighted by Gasteiger charge is -2.20. The van der Waals surface area contributed by atoms with Crippen LogP contribution in [-0.2, 0) is 4.79 Å².